The van der Waals surface area contributed by atoms with Crippen molar-refractivity contribution in [3.05, 3.63) is 0 Å². The molecule has 0 aromatic carbocycles. The third-order valence-corrected chi connectivity index (χ3v) is 3.77. The normalized spacial score (nSPS) is 12.2. The lowest BCUT2D eigenvalue weighted by molar-refractivity contribution is -0.862. The first-order valence-corrected chi connectivity index (χ1v) is 9.54. The number of halogens is 1. The van der Waals surface area contributed by atoms with E-state index in [4.69, 9.17) is 4.74 Å². The molecule has 5 nitrogen and oxygen atoms in total. The monoisotopic (exact) mass is 378 g/mol. The van der Waals surface area contributed by atoms with E-state index in [0.29, 0.717) is 17.4 Å². The Morgan fingerprint density at radius 1 is 0.920 bits per heavy atom. The van der Waals surface area contributed by atoms with Crippen molar-refractivity contribution in [2.24, 2.45) is 0 Å². The highest BCUT2D eigenvalue weighted by Gasteiger charge is 2.17. The predicted molar refractivity (Wildman–Crippen MR) is 98.4 cm³/mol. The van der Waals surface area contributed by atoms with Gasteiger partial charge in [-0.3, -0.25) is 9.59 Å². The van der Waals surface area contributed by atoms with Gasteiger partial charge in [-0.15, -0.1) is 0 Å². The van der Waals surface area contributed by atoms with Gasteiger partial charge in [0.05, 0.1) is 21.1 Å². The minimum absolute atomic E-state index is 0. The molecule has 0 radical (unpaired) electrons. The van der Waals surface area contributed by atoms with Gasteiger partial charge < -0.3 is 26.9 Å². The maximum atomic E-state index is 11.8. The first-order chi connectivity index (χ1) is 11.2. The molecule has 1 N–H and O–H groups in total. The number of hydrogen-bond acceptors (Lipinski definition) is 3. The highest BCUT2D eigenvalue weighted by Crippen LogP contribution is 2.11. The van der Waals surface area contributed by atoms with Crippen LogP contribution in [0, 0.1) is 0 Å². The molecule has 6 heteroatoms. The summed E-state index contributed by atoms with van der Waals surface area (Å²) in [5.41, 5.74) is 0. The van der Waals surface area contributed by atoms with Crippen LogP contribution in [0.15, 0.2) is 0 Å². The molecule has 0 spiro atoms. The average molecular weight is 379 g/mol. The summed E-state index contributed by atoms with van der Waals surface area (Å²) in [5.74, 6) is -0.332. The lowest BCUT2D eigenvalue weighted by Gasteiger charge is -2.24. The number of nitrogens with zero attached hydrogens (tertiary/aromatic N) is 1. The first kappa shape index (κ1) is 26.4. The van der Waals surface area contributed by atoms with Gasteiger partial charge in [-0.25, -0.2) is 0 Å². The average Bonchev–Trinajstić information content (AvgIpc) is 2.43. The Balaban J connectivity index is 0. The summed E-state index contributed by atoms with van der Waals surface area (Å²) < 4.78 is 5.78. The van der Waals surface area contributed by atoms with E-state index in [1.165, 1.54) is 44.9 Å². The summed E-state index contributed by atoms with van der Waals surface area (Å²) in [6.45, 7) is 4.29. The summed E-state index contributed by atoms with van der Waals surface area (Å²) >= 11 is 0. The largest absolute Gasteiger partial charge is 1.00 e. The fourth-order valence-electron chi connectivity index (χ4n) is 2.57. The molecule has 0 aromatic heterocycles. The molecule has 0 heterocycles. The van der Waals surface area contributed by atoms with E-state index in [0.717, 1.165) is 12.8 Å². The molecule has 0 aliphatic rings. The maximum absolute atomic E-state index is 11.8. The maximum Gasteiger partial charge on any atom is 0.307 e. The van der Waals surface area contributed by atoms with Crippen molar-refractivity contribution >= 4 is 11.9 Å². The zero-order valence-corrected chi connectivity index (χ0v) is 17.7. The molecule has 1 unspecified atom stereocenters. The van der Waals surface area contributed by atoms with Gasteiger partial charge in [0.2, 0.25) is 0 Å². The Morgan fingerprint density at radius 2 is 1.40 bits per heavy atom. The first-order valence-electron chi connectivity index (χ1n) is 9.54. The number of esters is 1. The standard InChI is InChI=1S/C19H38N2O3.ClH/c1-6-7-8-9-10-11-12-13-14-15-19(23)24-17(2)20-18(22)16-21(3,4)5;/h17H,6-16H2,1-5H3;1H. The second-order valence-electron chi connectivity index (χ2n) is 7.73. The quantitative estimate of drug-likeness (QED) is 0.209. The molecule has 0 saturated carbocycles. The number of carbonyl (C=O) groups is 2. The van der Waals surface area contributed by atoms with Crippen molar-refractivity contribution in [1.82, 2.24) is 5.32 Å². The lowest BCUT2D eigenvalue weighted by Crippen LogP contribution is -3.00. The number of likely N-dealkylation sites (N-methyl/N-ethyl adjacent to an activating group) is 1. The van der Waals surface area contributed by atoms with Crippen LogP contribution in [-0.2, 0) is 14.3 Å². The topological polar surface area (TPSA) is 55.4 Å². The molecular formula is C19H39ClN2O3. The van der Waals surface area contributed by atoms with Crippen LogP contribution in [0.4, 0.5) is 0 Å². The lowest BCUT2D eigenvalue weighted by atomic mass is 10.1. The molecule has 1 amide bonds. The Bertz CT molecular complexity index is 357. The minimum Gasteiger partial charge on any atom is -1.00 e. The third kappa shape index (κ3) is 19.4. The zero-order chi connectivity index (χ0) is 18.4. The highest BCUT2D eigenvalue weighted by molar-refractivity contribution is 5.77. The van der Waals surface area contributed by atoms with Crippen LogP contribution in [0.1, 0.15) is 78.1 Å². The third-order valence-electron chi connectivity index (χ3n) is 3.77. The number of quaternary nitrogens is 1. The SMILES string of the molecule is CCCCCCCCCCCC(=O)OC(C)NC(=O)C[N+](C)(C)C.[Cl-]. The summed E-state index contributed by atoms with van der Waals surface area (Å²) in [7, 11) is 5.83. The van der Waals surface area contributed by atoms with Crippen LogP contribution in [0.5, 0.6) is 0 Å². The van der Waals surface area contributed by atoms with E-state index < -0.39 is 6.23 Å². The van der Waals surface area contributed by atoms with Crippen LogP contribution >= 0.6 is 0 Å². The van der Waals surface area contributed by atoms with Gasteiger partial charge in [-0.1, -0.05) is 58.3 Å². The minimum atomic E-state index is -0.560. The smallest absolute Gasteiger partial charge is 0.307 e. The van der Waals surface area contributed by atoms with Crippen molar-refractivity contribution in [3.8, 4) is 0 Å². The van der Waals surface area contributed by atoms with Crippen LogP contribution in [0.2, 0.25) is 0 Å². The molecule has 0 aromatic rings. The second kappa shape index (κ2) is 15.4. The van der Waals surface area contributed by atoms with Gasteiger partial charge in [0.25, 0.3) is 5.91 Å². The number of unbranched alkanes of at least 4 members (excludes halogenated alkanes) is 8. The van der Waals surface area contributed by atoms with Crippen LogP contribution in [-0.4, -0.2) is 50.3 Å². The van der Waals surface area contributed by atoms with Gasteiger partial charge in [-0.2, -0.15) is 0 Å². The highest BCUT2D eigenvalue weighted by atomic mass is 35.5. The number of carbonyl (C=O) groups excluding carboxylic acids is 2. The van der Waals surface area contributed by atoms with E-state index in [9.17, 15) is 9.59 Å². The number of nitrogens with one attached hydrogen (secondary N) is 1. The zero-order valence-electron chi connectivity index (χ0n) is 16.9. The Labute approximate surface area is 160 Å². The summed E-state index contributed by atoms with van der Waals surface area (Å²) in [6.07, 6.45) is 10.9. The molecule has 150 valence electrons. The second-order valence-corrected chi connectivity index (χ2v) is 7.73. The fourth-order valence-corrected chi connectivity index (χ4v) is 2.57. The van der Waals surface area contributed by atoms with Crippen molar-refractivity contribution in [1.29, 1.82) is 0 Å². The molecule has 1 atom stereocenters. The molecule has 0 bridgehead atoms. The van der Waals surface area contributed by atoms with E-state index in [1.54, 1.807) is 6.92 Å². The van der Waals surface area contributed by atoms with Crippen LogP contribution < -0.4 is 17.7 Å². The molecule has 0 aliphatic carbocycles. The summed E-state index contributed by atoms with van der Waals surface area (Å²) in [6, 6.07) is 0. The fraction of sp³-hybridized carbons (Fsp3) is 0.895. The van der Waals surface area contributed by atoms with E-state index in [1.807, 2.05) is 21.1 Å². The summed E-state index contributed by atoms with van der Waals surface area (Å²) in [4.78, 5) is 23.5. The van der Waals surface area contributed by atoms with E-state index >= 15 is 0 Å². The Hall–Kier alpha value is -0.810. The molecule has 25 heavy (non-hydrogen) atoms. The van der Waals surface area contributed by atoms with Crippen LogP contribution in [0.3, 0.4) is 0 Å². The van der Waals surface area contributed by atoms with E-state index in [2.05, 4.69) is 12.2 Å². The van der Waals surface area contributed by atoms with Gasteiger partial charge in [0, 0.05) is 6.42 Å². The van der Waals surface area contributed by atoms with Crippen molar-refractivity contribution in [2.75, 3.05) is 27.7 Å². The van der Waals surface area contributed by atoms with Crippen molar-refractivity contribution < 1.29 is 31.2 Å². The van der Waals surface area contributed by atoms with Crippen molar-refractivity contribution in [2.45, 2.75) is 84.3 Å². The number of amides is 1. The molecule has 0 rings (SSSR count). The summed E-state index contributed by atoms with van der Waals surface area (Å²) in [5, 5.41) is 2.70. The number of ether oxygens (including phenoxy) is 1. The molecule has 0 aliphatic heterocycles. The van der Waals surface area contributed by atoms with Gasteiger partial charge >= 0.3 is 5.97 Å². The van der Waals surface area contributed by atoms with Gasteiger partial charge in [0.1, 0.15) is 0 Å². The van der Waals surface area contributed by atoms with Crippen LogP contribution in [0.25, 0.3) is 0 Å². The number of rotatable bonds is 14. The molecular weight excluding hydrogens is 340 g/mol. The Morgan fingerprint density at radius 3 is 1.88 bits per heavy atom. The van der Waals surface area contributed by atoms with Crippen molar-refractivity contribution in [3.63, 3.8) is 0 Å². The number of hydrogen-bond donors (Lipinski definition) is 1. The van der Waals surface area contributed by atoms with Gasteiger partial charge in [-0.05, 0) is 13.3 Å². The van der Waals surface area contributed by atoms with Gasteiger partial charge in [0.15, 0.2) is 12.8 Å². The molecule has 0 fully saturated rings. The predicted octanol–water partition coefficient (Wildman–Crippen LogP) is 0.623. The van der Waals surface area contributed by atoms with E-state index in [-0.39, 0.29) is 24.3 Å². The molecule has 0 saturated heterocycles. The Kier molecular flexibility index (Phi) is 16.3.